The SMILES string of the molecule is CCCCCCCCCCCCOc1ccc(N=Nc2ccc(C(=O)OCCOCC)cc2)cc1. The summed E-state index contributed by atoms with van der Waals surface area (Å²) in [6.07, 6.45) is 13.2. The van der Waals surface area contributed by atoms with Gasteiger partial charge in [0.25, 0.3) is 0 Å². The number of ether oxygens (including phenoxy) is 3. The number of unbranched alkanes of at least 4 members (excludes halogenated alkanes) is 9. The Morgan fingerprint density at radius 3 is 1.77 bits per heavy atom. The number of rotatable bonds is 19. The lowest BCUT2D eigenvalue weighted by atomic mass is 10.1. The number of nitrogens with zero attached hydrogens (tertiary/aromatic N) is 2. The standard InChI is InChI=1S/C29H42N2O4/c1-3-5-6-7-8-9-10-11-12-13-22-34-28-20-18-27(19-21-28)31-30-26-16-14-25(15-17-26)29(32)35-24-23-33-4-2/h14-21H,3-13,22-24H2,1-2H3. The van der Waals surface area contributed by atoms with Crippen molar-refractivity contribution in [1.82, 2.24) is 0 Å². The fraction of sp³-hybridized carbons (Fsp3) is 0.552. The van der Waals surface area contributed by atoms with E-state index in [1.165, 1.54) is 57.8 Å². The molecule has 0 saturated carbocycles. The van der Waals surface area contributed by atoms with E-state index >= 15 is 0 Å². The van der Waals surface area contributed by atoms with Crippen molar-refractivity contribution in [1.29, 1.82) is 0 Å². The van der Waals surface area contributed by atoms with Gasteiger partial charge in [-0.15, -0.1) is 0 Å². The summed E-state index contributed by atoms with van der Waals surface area (Å²) in [4.78, 5) is 12.0. The molecule has 6 nitrogen and oxygen atoms in total. The van der Waals surface area contributed by atoms with E-state index in [0.29, 0.717) is 24.5 Å². The van der Waals surface area contributed by atoms with Gasteiger partial charge in [0.2, 0.25) is 0 Å². The third-order valence-corrected chi connectivity index (χ3v) is 5.65. The predicted octanol–water partition coefficient (Wildman–Crippen LogP) is 8.60. The molecule has 2 aromatic rings. The monoisotopic (exact) mass is 482 g/mol. The van der Waals surface area contributed by atoms with Crippen molar-refractivity contribution in [2.24, 2.45) is 10.2 Å². The summed E-state index contributed by atoms with van der Waals surface area (Å²) >= 11 is 0. The van der Waals surface area contributed by atoms with Gasteiger partial charge in [-0.1, -0.05) is 64.7 Å². The van der Waals surface area contributed by atoms with Gasteiger partial charge < -0.3 is 14.2 Å². The fourth-order valence-corrected chi connectivity index (χ4v) is 3.59. The maximum absolute atomic E-state index is 12.0. The van der Waals surface area contributed by atoms with Crippen molar-refractivity contribution in [3.05, 3.63) is 54.1 Å². The van der Waals surface area contributed by atoms with Crippen LogP contribution in [0.4, 0.5) is 11.4 Å². The minimum atomic E-state index is -0.374. The Morgan fingerprint density at radius 2 is 1.20 bits per heavy atom. The smallest absolute Gasteiger partial charge is 0.338 e. The molecule has 0 fully saturated rings. The number of hydrogen-bond acceptors (Lipinski definition) is 6. The number of hydrogen-bond donors (Lipinski definition) is 0. The zero-order chi connectivity index (χ0) is 25.0. The highest BCUT2D eigenvalue weighted by atomic mass is 16.6. The van der Waals surface area contributed by atoms with Crippen LogP contribution in [0.5, 0.6) is 5.75 Å². The molecule has 192 valence electrons. The average Bonchev–Trinajstić information content (AvgIpc) is 2.89. The number of esters is 1. The summed E-state index contributed by atoms with van der Waals surface area (Å²) in [7, 11) is 0. The van der Waals surface area contributed by atoms with Gasteiger partial charge in [-0.2, -0.15) is 10.2 Å². The molecule has 0 aromatic heterocycles. The second-order valence-corrected chi connectivity index (χ2v) is 8.60. The first kappa shape index (κ1) is 28.5. The van der Waals surface area contributed by atoms with Crippen LogP contribution >= 0.6 is 0 Å². The normalized spacial score (nSPS) is 11.1. The van der Waals surface area contributed by atoms with Gasteiger partial charge in [0, 0.05) is 6.61 Å². The third kappa shape index (κ3) is 13.1. The number of carbonyl (C=O) groups excluding carboxylic acids is 1. The van der Waals surface area contributed by atoms with E-state index in [1.807, 2.05) is 31.2 Å². The molecule has 0 aliphatic carbocycles. The molecular weight excluding hydrogens is 440 g/mol. The zero-order valence-electron chi connectivity index (χ0n) is 21.5. The topological polar surface area (TPSA) is 69.5 Å². The lowest BCUT2D eigenvalue weighted by Crippen LogP contribution is -2.10. The molecular formula is C29H42N2O4. The highest BCUT2D eigenvalue weighted by Crippen LogP contribution is 2.22. The highest BCUT2D eigenvalue weighted by Gasteiger charge is 2.06. The molecule has 0 amide bonds. The highest BCUT2D eigenvalue weighted by molar-refractivity contribution is 5.89. The van der Waals surface area contributed by atoms with Gasteiger partial charge in [-0.25, -0.2) is 4.79 Å². The second-order valence-electron chi connectivity index (χ2n) is 8.60. The van der Waals surface area contributed by atoms with Crippen molar-refractivity contribution < 1.29 is 19.0 Å². The summed E-state index contributed by atoms with van der Waals surface area (Å²) in [5.41, 5.74) is 1.89. The molecule has 0 unspecified atom stereocenters. The zero-order valence-corrected chi connectivity index (χ0v) is 21.5. The third-order valence-electron chi connectivity index (χ3n) is 5.65. The Bertz CT molecular complexity index is 835. The summed E-state index contributed by atoms with van der Waals surface area (Å²) in [5.74, 6) is 0.480. The van der Waals surface area contributed by atoms with Crippen LogP contribution in [0.1, 0.15) is 88.4 Å². The Hall–Kier alpha value is -2.73. The lowest BCUT2D eigenvalue weighted by molar-refractivity contribution is 0.0335. The van der Waals surface area contributed by atoms with Gasteiger partial charge in [0.05, 0.1) is 30.2 Å². The minimum absolute atomic E-state index is 0.243. The van der Waals surface area contributed by atoms with Gasteiger partial charge in [-0.3, -0.25) is 0 Å². The van der Waals surface area contributed by atoms with Crippen LogP contribution in [-0.2, 0) is 9.47 Å². The first-order chi connectivity index (χ1) is 17.2. The molecule has 0 radical (unpaired) electrons. The summed E-state index contributed by atoms with van der Waals surface area (Å²) in [6.45, 7) is 6.16. The van der Waals surface area contributed by atoms with Crippen LogP contribution in [-0.4, -0.2) is 32.4 Å². The number of benzene rings is 2. The van der Waals surface area contributed by atoms with E-state index in [0.717, 1.165) is 24.5 Å². The first-order valence-electron chi connectivity index (χ1n) is 13.2. The molecule has 2 aromatic carbocycles. The van der Waals surface area contributed by atoms with Crippen molar-refractivity contribution >= 4 is 17.3 Å². The van der Waals surface area contributed by atoms with Gasteiger partial charge in [0.1, 0.15) is 12.4 Å². The van der Waals surface area contributed by atoms with Crippen LogP contribution < -0.4 is 4.74 Å². The number of carbonyl (C=O) groups is 1. The van der Waals surface area contributed by atoms with Crippen molar-refractivity contribution in [3.8, 4) is 5.75 Å². The average molecular weight is 483 g/mol. The molecule has 0 spiro atoms. The van der Waals surface area contributed by atoms with Crippen LogP contribution in [0.3, 0.4) is 0 Å². The van der Waals surface area contributed by atoms with Crippen LogP contribution in [0.2, 0.25) is 0 Å². The minimum Gasteiger partial charge on any atom is -0.494 e. The van der Waals surface area contributed by atoms with E-state index in [4.69, 9.17) is 14.2 Å². The van der Waals surface area contributed by atoms with E-state index in [2.05, 4.69) is 17.2 Å². The quantitative estimate of drug-likeness (QED) is 0.114. The lowest BCUT2D eigenvalue weighted by Gasteiger charge is -2.06. The second kappa shape index (κ2) is 18.6. The largest absolute Gasteiger partial charge is 0.494 e. The molecule has 0 bridgehead atoms. The molecule has 0 aliphatic rings. The maximum atomic E-state index is 12.0. The Labute approximate surface area is 211 Å². The molecule has 0 aliphatic heterocycles. The fourth-order valence-electron chi connectivity index (χ4n) is 3.59. The molecule has 35 heavy (non-hydrogen) atoms. The molecule has 6 heteroatoms. The molecule has 0 atom stereocenters. The summed E-state index contributed by atoms with van der Waals surface area (Å²) in [5, 5.41) is 8.50. The van der Waals surface area contributed by atoms with Gasteiger partial charge in [-0.05, 0) is 61.9 Å². The summed E-state index contributed by atoms with van der Waals surface area (Å²) < 4.78 is 16.2. The summed E-state index contributed by atoms with van der Waals surface area (Å²) in [6, 6.07) is 14.5. The Morgan fingerprint density at radius 1 is 0.657 bits per heavy atom. The van der Waals surface area contributed by atoms with Crippen molar-refractivity contribution in [3.63, 3.8) is 0 Å². The van der Waals surface area contributed by atoms with Crippen LogP contribution in [0.25, 0.3) is 0 Å². The van der Waals surface area contributed by atoms with Crippen LogP contribution in [0, 0.1) is 0 Å². The van der Waals surface area contributed by atoms with E-state index in [9.17, 15) is 4.79 Å². The van der Waals surface area contributed by atoms with E-state index in [-0.39, 0.29) is 12.6 Å². The predicted molar refractivity (Wildman–Crippen MR) is 141 cm³/mol. The Balaban J connectivity index is 1.61. The van der Waals surface area contributed by atoms with E-state index < -0.39 is 0 Å². The van der Waals surface area contributed by atoms with E-state index in [1.54, 1.807) is 24.3 Å². The van der Waals surface area contributed by atoms with Gasteiger partial charge >= 0.3 is 5.97 Å². The maximum Gasteiger partial charge on any atom is 0.338 e. The molecule has 0 N–H and O–H groups in total. The number of azo groups is 1. The Kier molecular flexibility index (Phi) is 15.1. The first-order valence-corrected chi connectivity index (χ1v) is 13.2. The van der Waals surface area contributed by atoms with Crippen LogP contribution in [0.15, 0.2) is 58.8 Å². The van der Waals surface area contributed by atoms with Crippen molar-refractivity contribution in [2.75, 3.05) is 26.4 Å². The molecule has 0 heterocycles. The van der Waals surface area contributed by atoms with Crippen molar-refractivity contribution in [2.45, 2.75) is 78.1 Å². The van der Waals surface area contributed by atoms with Gasteiger partial charge in [0.15, 0.2) is 0 Å². The molecule has 2 rings (SSSR count). The molecule has 0 saturated heterocycles.